The number of aliphatic hydroxyl groups excluding tert-OH is 1. The van der Waals surface area contributed by atoms with Gasteiger partial charge < -0.3 is 14.6 Å². The van der Waals surface area contributed by atoms with Gasteiger partial charge in [0.05, 0.1) is 0 Å². The molecule has 0 bridgehead atoms. The minimum Gasteiger partial charge on any atom is -0.388 e. The number of hydrogen-bond acceptors (Lipinski definition) is 4. The summed E-state index contributed by atoms with van der Waals surface area (Å²) in [5.74, 6) is 2.95. The number of likely N-dealkylation sites (tertiary alicyclic amines) is 1. The van der Waals surface area contributed by atoms with Crippen molar-refractivity contribution >= 4 is 0 Å². The second kappa shape index (κ2) is 8.59. The molecule has 0 unspecified atom stereocenters. The molecule has 1 saturated heterocycles. The lowest BCUT2D eigenvalue weighted by Gasteiger charge is -2.32. The Morgan fingerprint density at radius 3 is 2.44 bits per heavy atom. The van der Waals surface area contributed by atoms with E-state index in [0.717, 1.165) is 12.2 Å². The molecule has 3 rings (SSSR count). The minimum atomic E-state index is -0.0401. The van der Waals surface area contributed by atoms with Gasteiger partial charge in [-0.25, -0.2) is 0 Å². The van der Waals surface area contributed by atoms with Crippen molar-refractivity contribution in [1.29, 1.82) is 0 Å². The average molecular weight is 342 g/mol. The van der Waals surface area contributed by atoms with Crippen LogP contribution in [0.3, 0.4) is 0 Å². The molecular formula is C20H30N4O. The number of piperidine rings is 1. The summed E-state index contributed by atoms with van der Waals surface area (Å²) in [6.45, 7) is 5.83. The van der Waals surface area contributed by atoms with Crippen LogP contribution in [0.5, 0.6) is 0 Å². The van der Waals surface area contributed by atoms with Gasteiger partial charge in [-0.2, -0.15) is 0 Å². The van der Waals surface area contributed by atoms with E-state index >= 15 is 0 Å². The average Bonchev–Trinajstić information content (AvgIpc) is 3.01. The summed E-state index contributed by atoms with van der Waals surface area (Å²) in [6.07, 6.45) is 4.64. The fourth-order valence-electron chi connectivity index (χ4n) is 3.71. The quantitative estimate of drug-likeness (QED) is 0.841. The van der Waals surface area contributed by atoms with Crippen LogP contribution in [-0.2, 0) is 20.1 Å². The predicted octanol–water partition coefficient (Wildman–Crippen LogP) is 2.76. The van der Waals surface area contributed by atoms with Crippen LogP contribution < -0.4 is 0 Å². The van der Waals surface area contributed by atoms with Crippen LogP contribution in [-0.4, -0.2) is 44.4 Å². The third-order valence-corrected chi connectivity index (χ3v) is 5.62. The zero-order valence-corrected chi connectivity index (χ0v) is 15.4. The molecule has 1 aliphatic rings. The molecule has 5 heteroatoms. The largest absolute Gasteiger partial charge is 0.388 e. The van der Waals surface area contributed by atoms with Crippen LogP contribution in [0, 0.1) is 5.92 Å². The summed E-state index contributed by atoms with van der Waals surface area (Å²) in [4.78, 5) is 2.60. The molecule has 1 atom stereocenters. The van der Waals surface area contributed by atoms with Crippen LogP contribution in [0.25, 0.3) is 0 Å². The Kier molecular flexibility index (Phi) is 6.21. The predicted molar refractivity (Wildman–Crippen MR) is 99.3 cm³/mol. The second-order valence-electron chi connectivity index (χ2n) is 7.34. The Balaban J connectivity index is 1.42. The Morgan fingerprint density at radius 1 is 1.12 bits per heavy atom. The Morgan fingerprint density at radius 2 is 1.80 bits per heavy atom. The molecule has 1 aromatic heterocycles. The van der Waals surface area contributed by atoms with Crippen molar-refractivity contribution in [2.45, 2.75) is 45.1 Å². The van der Waals surface area contributed by atoms with Crippen LogP contribution in [0.1, 0.15) is 49.3 Å². The lowest BCUT2D eigenvalue weighted by Crippen LogP contribution is -2.35. The highest BCUT2D eigenvalue weighted by Crippen LogP contribution is 2.23. The third kappa shape index (κ3) is 4.67. The van der Waals surface area contributed by atoms with Crippen LogP contribution in [0.4, 0.5) is 0 Å². The highest BCUT2D eigenvalue weighted by molar-refractivity contribution is 5.18. The zero-order valence-electron chi connectivity index (χ0n) is 15.4. The first-order valence-electron chi connectivity index (χ1n) is 9.42. The van der Waals surface area contributed by atoms with Crippen molar-refractivity contribution in [1.82, 2.24) is 19.7 Å². The summed E-state index contributed by atoms with van der Waals surface area (Å²) >= 11 is 0. The maximum atomic E-state index is 9.23. The Hall–Kier alpha value is -1.72. The molecule has 1 fully saturated rings. The first kappa shape index (κ1) is 18.1. The molecule has 0 amide bonds. The molecule has 5 nitrogen and oxygen atoms in total. The maximum absolute atomic E-state index is 9.23. The van der Waals surface area contributed by atoms with Gasteiger partial charge in [-0.05, 0) is 56.3 Å². The van der Waals surface area contributed by atoms with E-state index < -0.39 is 0 Å². The number of benzene rings is 1. The number of aromatic nitrogens is 3. The van der Waals surface area contributed by atoms with E-state index in [1.807, 2.05) is 11.6 Å². The van der Waals surface area contributed by atoms with Crippen LogP contribution in [0.2, 0.25) is 0 Å². The van der Waals surface area contributed by atoms with Crippen molar-refractivity contribution in [3.63, 3.8) is 0 Å². The molecule has 0 aliphatic carbocycles. The summed E-state index contributed by atoms with van der Waals surface area (Å²) in [7, 11) is 1.95. The van der Waals surface area contributed by atoms with Crippen molar-refractivity contribution in [3.8, 4) is 0 Å². The lowest BCUT2D eigenvalue weighted by molar-refractivity contribution is 0.178. The van der Waals surface area contributed by atoms with E-state index in [9.17, 15) is 5.11 Å². The molecule has 2 heterocycles. The number of aliphatic hydroxyl groups is 1. The molecular weight excluding hydrogens is 312 g/mol. The van der Waals surface area contributed by atoms with E-state index in [-0.39, 0.29) is 6.61 Å². The first-order valence-corrected chi connectivity index (χ1v) is 9.42. The van der Waals surface area contributed by atoms with E-state index in [0.29, 0.717) is 17.7 Å². The van der Waals surface area contributed by atoms with Gasteiger partial charge in [-0.15, -0.1) is 10.2 Å². The molecule has 2 aromatic rings. The fraction of sp³-hybridized carbons (Fsp3) is 0.600. The standard InChI is InChI=1S/C20H30N4O/c1-16(18-6-4-3-5-7-18)8-11-24-12-9-17(10-13-24)14-19-21-22-20(15-25)23(19)2/h3-7,16-17,25H,8-15H2,1-2H3/t16-/m0/s1. The van der Waals surface area contributed by atoms with Crippen molar-refractivity contribution in [2.75, 3.05) is 19.6 Å². The van der Waals surface area contributed by atoms with Crippen molar-refractivity contribution < 1.29 is 5.11 Å². The zero-order chi connectivity index (χ0) is 17.6. The molecule has 1 aromatic carbocycles. The normalized spacial score (nSPS) is 17.7. The molecule has 0 radical (unpaired) electrons. The third-order valence-electron chi connectivity index (χ3n) is 5.62. The summed E-state index contributed by atoms with van der Waals surface area (Å²) in [5.41, 5.74) is 1.44. The van der Waals surface area contributed by atoms with E-state index in [2.05, 4.69) is 52.4 Å². The van der Waals surface area contributed by atoms with Gasteiger partial charge in [-0.1, -0.05) is 37.3 Å². The van der Waals surface area contributed by atoms with Crippen molar-refractivity contribution in [3.05, 3.63) is 47.5 Å². The van der Waals surface area contributed by atoms with Crippen LogP contribution in [0.15, 0.2) is 30.3 Å². The fourth-order valence-corrected chi connectivity index (χ4v) is 3.71. The molecule has 1 aliphatic heterocycles. The van der Waals surface area contributed by atoms with Gasteiger partial charge in [0.25, 0.3) is 0 Å². The van der Waals surface area contributed by atoms with Gasteiger partial charge in [0, 0.05) is 13.5 Å². The molecule has 0 spiro atoms. The van der Waals surface area contributed by atoms with Gasteiger partial charge in [0.2, 0.25) is 0 Å². The highest BCUT2D eigenvalue weighted by Gasteiger charge is 2.22. The second-order valence-corrected chi connectivity index (χ2v) is 7.34. The van der Waals surface area contributed by atoms with E-state index in [1.165, 1.54) is 44.5 Å². The Bertz CT molecular complexity index is 647. The van der Waals surface area contributed by atoms with Gasteiger partial charge in [0.1, 0.15) is 12.4 Å². The monoisotopic (exact) mass is 342 g/mol. The molecule has 25 heavy (non-hydrogen) atoms. The van der Waals surface area contributed by atoms with Crippen LogP contribution >= 0.6 is 0 Å². The lowest BCUT2D eigenvalue weighted by atomic mass is 9.92. The summed E-state index contributed by atoms with van der Waals surface area (Å²) in [6, 6.07) is 10.8. The van der Waals surface area contributed by atoms with Gasteiger partial charge >= 0.3 is 0 Å². The topological polar surface area (TPSA) is 54.2 Å². The molecule has 136 valence electrons. The SMILES string of the molecule is C[C@@H](CCN1CCC(Cc2nnc(CO)n2C)CC1)c1ccccc1. The van der Waals surface area contributed by atoms with Gasteiger partial charge in [-0.3, -0.25) is 0 Å². The summed E-state index contributed by atoms with van der Waals surface area (Å²) in [5, 5.41) is 17.5. The number of rotatable bonds is 7. The first-order chi connectivity index (χ1) is 12.2. The van der Waals surface area contributed by atoms with Crippen molar-refractivity contribution in [2.24, 2.45) is 13.0 Å². The smallest absolute Gasteiger partial charge is 0.158 e. The highest BCUT2D eigenvalue weighted by atomic mass is 16.3. The number of nitrogens with zero attached hydrogens (tertiary/aromatic N) is 4. The minimum absolute atomic E-state index is 0.0401. The van der Waals surface area contributed by atoms with Gasteiger partial charge in [0.15, 0.2) is 5.82 Å². The summed E-state index contributed by atoms with van der Waals surface area (Å²) < 4.78 is 1.94. The molecule has 0 saturated carbocycles. The maximum Gasteiger partial charge on any atom is 0.158 e. The van der Waals surface area contributed by atoms with E-state index in [1.54, 1.807) is 0 Å². The molecule has 1 N–H and O–H groups in total. The Labute approximate surface area is 150 Å². The number of hydrogen-bond donors (Lipinski definition) is 1. The van der Waals surface area contributed by atoms with E-state index in [4.69, 9.17) is 0 Å².